The van der Waals surface area contributed by atoms with Crippen LogP contribution < -0.4 is 0 Å². The normalized spacial score (nSPS) is 10.9. The average molecular weight is 298 g/mol. The van der Waals surface area contributed by atoms with Gasteiger partial charge in [0.15, 0.2) is 0 Å². The molecule has 0 atom stereocenters. The van der Waals surface area contributed by atoms with E-state index in [0.29, 0.717) is 4.47 Å². The van der Waals surface area contributed by atoms with Gasteiger partial charge in [0.25, 0.3) is 0 Å². The smallest absolute Gasteiger partial charge is 0.211 e. The Hall–Kier alpha value is -0.780. The molecule has 2 nitrogen and oxygen atoms in total. The molecule has 0 radical (unpaired) electrons. The molecule has 0 aromatic heterocycles. The molecule has 7 heteroatoms. The zero-order chi connectivity index (χ0) is 11.5. The van der Waals surface area contributed by atoms with Gasteiger partial charge in [-0.2, -0.15) is 18.2 Å². The van der Waals surface area contributed by atoms with E-state index in [0.717, 1.165) is 0 Å². The Labute approximate surface area is 95.7 Å². The van der Waals surface area contributed by atoms with E-state index in [1.807, 2.05) is 0 Å². The van der Waals surface area contributed by atoms with Gasteiger partial charge in [-0.05, 0) is 45.9 Å². The standard InChI is InChI=1S/C8H3BrF3NOS/c9-6-3-5(15-8(10,11)12)1-2-7(6)13-4-14/h1-3H. The predicted molar refractivity (Wildman–Crippen MR) is 53.8 cm³/mol. The van der Waals surface area contributed by atoms with Crippen LogP contribution in [0.1, 0.15) is 0 Å². The first-order chi connectivity index (χ1) is 6.92. The first kappa shape index (κ1) is 12.3. The summed E-state index contributed by atoms with van der Waals surface area (Å²) in [6.45, 7) is 0. The molecule has 0 heterocycles. The second-order valence-corrected chi connectivity index (χ2v) is 4.36. The van der Waals surface area contributed by atoms with Crippen molar-refractivity contribution in [1.82, 2.24) is 0 Å². The van der Waals surface area contributed by atoms with Gasteiger partial charge in [-0.25, -0.2) is 4.79 Å². The fourth-order valence-electron chi connectivity index (χ4n) is 0.825. The van der Waals surface area contributed by atoms with Crippen LogP contribution in [-0.4, -0.2) is 11.6 Å². The summed E-state index contributed by atoms with van der Waals surface area (Å²) in [5.41, 5.74) is -4.08. The number of nitrogens with zero attached hydrogens (tertiary/aromatic N) is 1. The van der Waals surface area contributed by atoms with Crippen molar-refractivity contribution in [3.05, 3.63) is 22.7 Å². The van der Waals surface area contributed by atoms with Crippen molar-refractivity contribution < 1.29 is 18.0 Å². The van der Waals surface area contributed by atoms with E-state index in [9.17, 15) is 18.0 Å². The number of rotatable bonds is 2. The van der Waals surface area contributed by atoms with Crippen molar-refractivity contribution >= 4 is 39.5 Å². The molecule has 0 bridgehead atoms. The Morgan fingerprint density at radius 3 is 2.53 bits per heavy atom. The summed E-state index contributed by atoms with van der Waals surface area (Å²) >= 11 is 2.77. The third-order valence-corrected chi connectivity index (χ3v) is 2.68. The highest BCUT2D eigenvalue weighted by atomic mass is 79.9. The minimum absolute atomic E-state index is 0.0271. The summed E-state index contributed by atoms with van der Waals surface area (Å²) in [6.07, 6.45) is 1.31. The van der Waals surface area contributed by atoms with Gasteiger partial charge in [0, 0.05) is 9.37 Å². The van der Waals surface area contributed by atoms with Crippen LogP contribution in [0.15, 0.2) is 32.6 Å². The zero-order valence-electron chi connectivity index (χ0n) is 7.01. The molecule has 0 amide bonds. The zero-order valence-corrected chi connectivity index (χ0v) is 9.41. The monoisotopic (exact) mass is 297 g/mol. The summed E-state index contributed by atoms with van der Waals surface area (Å²) in [5.74, 6) is 0. The van der Waals surface area contributed by atoms with Crippen LogP contribution in [0, 0.1) is 0 Å². The lowest BCUT2D eigenvalue weighted by Gasteiger charge is -2.06. The number of isocyanates is 1. The van der Waals surface area contributed by atoms with Gasteiger partial charge in [0.1, 0.15) is 0 Å². The molecule has 1 aromatic carbocycles. The summed E-state index contributed by atoms with van der Waals surface area (Å²) in [5, 5.41) is 0. The average Bonchev–Trinajstić information content (AvgIpc) is 2.07. The topological polar surface area (TPSA) is 29.4 Å². The molecule has 0 saturated heterocycles. The van der Waals surface area contributed by atoms with E-state index in [1.54, 1.807) is 0 Å². The number of hydrogen-bond acceptors (Lipinski definition) is 3. The fraction of sp³-hybridized carbons (Fsp3) is 0.125. The number of aliphatic imine (C=N–C) groups is 1. The second-order valence-electron chi connectivity index (χ2n) is 2.36. The molecule has 0 aliphatic rings. The molecule has 0 saturated carbocycles. The molecule has 0 unspecified atom stereocenters. The van der Waals surface area contributed by atoms with Crippen molar-refractivity contribution in [3.63, 3.8) is 0 Å². The van der Waals surface area contributed by atoms with Crippen molar-refractivity contribution in [1.29, 1.82) is 0 Å². The molecule has 0 fully saturated rings. The number of hydrogen-bond donors (Lipinski definition) is 0. The maximum absolute atomic E-state index is 12.0. The van der Waals surface area contributed by atoms with Gasteiger partial charge in [-0.1, -0.05) is 0 Å². The Bertz CT molecular complexity index is 415. The van der Waals surface area contributed by atoms with Crippen LogP contribution in [0.25, 0.3) is 0 Å². The minimum Gasteiger partial charge on any atom is -0.211 e. The molecule has 0 aliphatic carbocycles. The summed E-state index contributed by atoms with van der Waals surface area (Å²) in [7, 11) is 0. The minimum atomic E-state index is -4.32. The van der Waals surface area contributed by atoms with Gasteiger partial charge >= 0.3 is 5.51 Å². The Morgan fingerprint density at radius 2 is 2.07 bits per heavy atom. The van der Waals surface area contributed by atoms with Gasteiger partial charge in [-0.3, -0.25) is 0 Å². The van der Waals surface area contributed by atoms with Gasteiger partial charge in [-0.15, -0.1) is 0 Å². The van der Waals surface area contributed by atoms with E-state index >= 15 is 0 Å². The summed E-state index contributed by atoms with van der Waals surface area (Å²) in [4.78, 5) is 13.3. The molecule has 0 spiro atoms. The number of benzene rings is 1. The Morgan fingerprint density at radius 1 is 1.40 bits per heavy atom. The summed E-state index contributed by atoms with van der Waals surface area (Å²) in [6, 6.07) is 3.79. The Kier molecular flexibility index (Phi) is 3.96. The fourth-order valence-corrected chi connectivity index (χ4v) is 2.02. The predicted octanol–water partition coefficient (Wildman–Crippen LogP) is 4.03. The van der Waals surface area contributed by atoms with Gasteiger partial charge in [0.2, 0.25) is 6.08 Å². The van der Waals surface area contributed by atoms with Crippen LogP contribution in [0.4, 0.5) is 18.9 Å². The maximum atomic E-state index is 12.0. The number of thioether (sulfide) groups is 1. The van der Waals surface area contributed by atoms with Crippen LogP contribution in [0.3, 0.4) is 0 Å². The SMILES string of the molecule is O=C=Nc1ccc(SC(F)(F)F)cc1Br. The number of alkyl halides is 3. The third kappa shape index (κ3) is 4.07. The quantitative estimate of drug-likeness (QED) is 0.468. The van der Waals surface area contributed by atoms with Crippen LogP contribution in [0.5, 0.6) is 0 Å². The highest BCUT2D eigenvalue weighted by Gasteiger charge is 2.29. The molecule has 15 heavy (non-hydrogen) atoms. The van der Waals surface area contributed by atoms with Gasteiger partial charge in [0.05, 0.1) is 5.69 Å². The highest BCUT2D eigenvalue weighted by molar-refractivity contribution is 9.10. The first-order valence-corrected chi connectivity index (χ1v) is 5.16. The van der Waals surface area contributed by atoms with Crippen LogP contribution in [0.2, 0.25) is 0 Å². The Balaban J connectivity index is 2.96. The van der Waals surface area contributed by atoms with Gasteiger partial charge < -0.3 is 0 Å². The molecule has 1 aromatic rings. The van der Waals surface area contributed by atoms with Crippen LogP contribution in [-0.2, 0) is 4.79 Å². The molecule has 1 rings (SSSR count). The lowest BCUT2D eigenvalue weighted by Crippen LogP contribution is -1.98. The highest BCUT2D eigenvalue weighted by Crippen LogP contribution is 2.39. The van der Waals surface area contributed by atoms with E-state index < -0.39 is 5.51 Å². The number of halogens is 4. The van der Waals surface area contributed by atoms with E-state index in [-0.39, 0.29) is 22.3 Å². The lowest BCUT2D eigenvalue weighted by molar-refractivity contribution is -0.0328. The largest absolute Gasteiger partial charge is 0.446 e. The molecular formula is C8H3BrF3NOS. The number of carbonyl (C=O) groups excluding carboxylic acids is 1. The molecule has 80 valence electrons. The van der Waals surface area contributed by atoms with Crippen molar-refractivity contribution in [3.8, 4) is 0 Å². The molecule has 0 aliphatic heterocycles. The molecular weight excluding hydrogens is 295 g/mol. The third-order valence-electron chi connectivity index (χ3n) is 1.32. The van der Waals surface area contributed by atoms with Crippen molar-refractivity contribution in [2.45, 2.75) is 10.4 Å². The maximum Gasteiger partial charge on any atom is 0.446 e. The summed E-state index contributed by atoms with van der Waals surface area (Å²) < 4.78 is 36.3. The second kappa shape index (κ2) is 4.83. The molecule has 0 N–H and O–H groups in total. The first-order valence-electron chi connectivity index (χ1n) is 3.55. The van der Waals surface area contributed by atoms with E-state index in [2.05, 4.69) is 20.9 Å². The van der Waals surface area contributed by atoms with Crippen molar-refractivity contribution in [2.24, 2.45) is 4.99 Å². The van der Waals surface area contributed by atoms with E-state index in [1.165, 1.54) is 24.3 Å². The lowest BCUT2D eigenvalue weighted by atomic mass is 10.3. The van der Waals surface area contributed by atoms with Crippen LogP contribution >= 0.6 is 27.7 Å². The van der Waals surface area contributed by atoms with E-state index in [4.69, 9.17) is 0 Å². The van der Waals surface area contributed by atoms with Crippen molar-refractivity contribution in [2.75, 3.05) is 0 Å².